The van der Waals surface area contributed by atoms with Gasteiger partial charge in [0.05, 0.1) is 16.3 Å². The van der Waals surface area contributed by atoms with Gasteiger partial charge in [0.25, 0.3) is 0 Å². The highest BCUT2D eigenvalue weighted by Crippen LogP contribution is 2.31. The summed E-state index contributed by atoms with van der Waals surface area (Å²) in [6.07, 6.45) is 0.971. The van der Waals surface area contributed by atoms with Gasteiger partial charge in [-0.2, -0.15) is 13.2 Å². The highest BCUT2D eigenvalue weighted by Gasteiger charge is 2.30. The van der Waals surface area contributed by atoms with Crippen molar-refractivity contribution < 1.29 is 18.0 Å². The van der Waals surface area contributed by atoms with Gasteiger partial charge in [-0.15, -0.1) is 5.10 Å². The standard InChI is InChI=1S/C20H16Cl2F3N3O2/c1-2-15(29)11-27-19(30)28(14-8-6-12(7-9-14)20(23,24)25)18(26-27)16-5-3-4-13(21)10-17(16)22/h3,5-10H,2,4,11H2,1H3. The first kappa shape index (κ1) is 22.1. The molecule has 0 amide bonds. The summed E-state index contributed by atoms with van der Waals surface area (Å²) in [4.78, 5) is 24.9. The number of hydrogen-bond acceptors (Lipinski definition) is 3. The number of halogens is 5. The molecule has 0 N–H and O–H groups in total. The van der Waals surface area contributed by atoms with E-state index in [9.17, 15) is 22.8 Å². The molecule has 2 aromatic rings. The van der Waals surface area contributed by atoms with Crippen LogP contribution < -0.4 is 5.69 Å². The molecule has 0 unspecified atom stereocenters. The summed E-state index contributed by atoms with van der Waals surface area (Å²) in [7, 11) is 0. The van der Waals surface area contributed by atoms with E-state index in [1.54, 1.807) is 19.1 Å². The van der Waals surface area contributed by atoms with E-state index in [1.807, 2.05) is 0 Å². The van der Waals surface area contributed by atoms with Gasteiger partial charge in [-0.05, 0) is 30.3 Å². The minimum Gasteiger partial charge on any atom is -0.298 e. The summed E-state index contributed by atoms with van der Waals surface area (Å²) in [6, 6.07) is 4.07. The second-order valence-electron chi connectivity index (χ2n) is 6.50. The first-order valence-corrected chi connectivity index (χ1v) is 9.69. The molecule has 0 atom stereocenters. The Morgan fingerprint density at radius 1 is 1.20 bits per heavy atom. The van der Waals surface area contributed by atoms with E-state index in [0.717, 1.165) is 21.4 Å². The van der Waals surface area contributed by atoms with Crippen molar-refractivity contribution in [1.82, 2.24) is 14.3 Å². The van der Waals surface area contributed by atoms with Crippen molar-refractivity contribution in [3.05, 3.63) is 74.4 Å². The van der Waals surface area contributed by atoms with Crippen molar-refractivity contribution in [3.63, 3.8) is 0 Å². The van der Waals surface area contributed by atoms with Crippen LogP contribution in [0.15, 0.2) is 57.4 Å². The van der Waals surface area contributed by atoms with Crippen LogP contribution in [0.5, 0.6) is 0 Å². The molecule has 0 radical (unpaired) electrons. The Labute approximate surface area is 179 Å². The van der Waals surface area contributed by atoms with Gasteiger partial charge >= 0.3 is 11.9 Å². The van der Waals surface area contributed by atoms with E-state index in [1.165, 1.54) is 18.2 Å². The van der Waals surface area contributed by atoms with Crippen LogP contribution in [0.3, 0.4) is 0 Å². The molecule has 0 fully saturated rings. The number of alkyl halides is 3. The van der Waals surface area contributed by atoms with Gasteiger partial charge < -0.3 is 0 Å². The molecule has 0 saturated carbocycles. The molecular formula is C20H16Cl2F3N3O2. The summed E-state index contributed by atoms with van der Waals surface area (Å²) in [5, 5.41) is 4.92. The van der Waals surface area contributed by atoms with E-state index >= 15 is 0 Å². The molecule has 10 heteroatoms. The molecule has 0 saturated heterocycles. The Morgan fingerprint density at radius 2 is 1.87 bits per heavy atom. The number of benzene rings is 1. The zero-order valence-electron chi connectivity index (χ0n) is 15.7. The summed E-state index contributed by atoms with van der Waals surface area (Å²) in [6.45, 7) is 1.39. The SMILES string of the molecule is CCC(=O)Cn1nc(C2=C(Cl)C=C(Cl)CC=C2)n(-c2ccc(C(F)(F)F)cc2)c1=O. The molecule has 0 spiro atoms. The van der Waals surface area contributed by atoms with Gasteiger partial charge in [0, 0.05) is 23.4 Å². The molecule has 1 aliphatic rings. The highest BCUT2D eigenvalue weighted by molar-refractivity contribution is 6.37. The fourth-order valence-corrected chi connectivity index (χ4v) is 3.35. The summed E-state index contributed by atoms with van der Waals surface area (Å²) in [5.41, 5.74) is -1.01. The Bertz CT molecular complexity index is 1120. The number of hydrogen-bond donors (Lipinski definition) is 0. The molecule has 3 rings (SSSR count). The average Bonchev–Trinajstić information content (AvgIpc) is 2.89. The number of carbonyl (C=O) groups excluding carboxylic acids is 1. The topological polar surface area (TPSA) is 56.9 Å². The van der Waals surface area contributed by atoms with Crippen molar-refractivity contribution >= 4 is 34.6 Å². The Hall–Kier alpha value is -2.58. The van der Waals surface area contributed by atoms with Gasteiger partial charge in [0.2, 0.25) is 0 Å². The summed E-state index contributed by atoms with van der Waals surface area (Å²) < 4.78 is 40.8. The van der Waals surface area contributed by atoms with Crippen LogP contribution in [0.2, 0.25) is 0 Å². The van der Waals surface area contributed by atoms with Crippen molar-refractivity contribution in [1.29, 1.82) is 0 Å². The summed E-state index contributed by atoms with van der Waals surface area (Å²) in [5.74, 6) is -0.132. The number of aromatic nitrogens is 3. The third-order valence-corrected chi connectivity index (χ3v) is 4.97. The van der Waals surface area contributed by atoms with E-state index in [4.69, 9.17) is 23.2 Å². The minimum atomic E-state index is -4.51. The van der Waals surface area contributed by atoms with Gasteiger partial charge in [-0.3, -0.25) is 4.79 Å². The van der Waals surface area contributed by atoms with Crippen LogP contribution in [0.4, 0.5) is 13.2 Å². The van der Waals surface area contributed by atoms with Crippen molar-refractivity contribution in [2.24, 2.45) is 0 Å². The lowest BCUT2D eigenvalue weighted by molar-refractivity contribution is -0.137. The smallest absolute Gasteiger partial charge is 0.298 e. The third kappa shape index (κ3) is 4.60. The Kier molecular flexibility index (Phi) is 6.38. The van der Waals surface area contributed by atoms with Crippen LogP contribution in [0, 0.1) is 0 Å². The number of nitrogens with zero attached hydrogens (tertiary/aromatic N) is 3. The lowest BCUT2D eigenvalue weighted by Gasteiger charge is -2.10. The van der Waals surface area contributed by atoms with Crippen LogP contribution >= 0.6 is 23.2 Å². The minimum absolute atomic E-state index is 0.0903. The molecule has 158 valence electrons. The average molecular weight is 458 g/mol. The van der Waals surface area contributed by atoms with Crippen LogP contribution in [0.25, 0.3) is 11.3 Å². The third-order valence-electron chi connectivity index (χ3n) is 4.39. The zero-order valence-corrected chi connectivity index (χ0v) is 17.2. The molecular weight excluding hydrogens is 442 g/mol. The fourth-order valence-electron chi connectivity index (χ4n) is 2.82. The molecule has 0 aliphatic heterocycles. The lowest BCUT2D eigenvalue weighted by atomic mass is 10.1. The predicted octanol–water partition coefficient (Wildman–Crippen LogP) is 5.06. The van der Waals surface area contributed by atoms with Crippen LogP contribution in [0.1, 0.15) is 31.2 Å². The number of Topliss-reactive ketones (excluding diaryl/α,β-unsaturated/α-hetero) is 1. The van der Waals surface area contributed by atoms with Crippen LogP contribution in [-0.4, -0.2) is 20.1 Å². The van der Waals surface area contributed by atoms with Crippen molar-refractivity contribution in [2.75, 3.05) is 0 Å². The van der Waals surface area contributed by atoms with Crippen molar-refractivity contribution in [2.45, 2.75) is 32.5 Å². The van der Waals surface area contributed by atoms with Crippen molar-refractivity contribution in [3.8, 4) is 5.69 Å². The first-order chi connectivity index (χ1) is 14.1. The molecule has 1 aromatic heterocycles. The first-order valence-electron chi connectivity index (χ1n) is 8.93. The van der Waals surface area contributed by atoms with Gasteiger partial charge in [-0.25, -0.2) is 14.0 Å². The second kappa shape index (κ2) is 8.65. The molecule has 1 aromatic carbocycles. The lowest BCUT2D eigenvalue weighted by Crippen LogP contribution is -2.27. The second-order valence-corrected chi connectivity index (χ2v) is 7.39. The molecule has 1 heterocycles. The molecule has 1 aliphatic carbocycles. The number of rotatable bonds is 5. The maximum absolute atomic E-state index is 13.0. The quantitative estimate of drug-likeness (QED) is 0.629. The van der Waals surface area contributed by atoms with Crippen LogP contribution in [-0.2, 0) is 17.5 Å². The number of ketones is 1. The highest BCUT2D eigenvalue weighted by atomic mass is 35.5. The Balaban J connectivity index is 2.22. The fraction of sp³-hybridized carbons (Fsp3) is 0.250. The van der Waals surface area contributed by atoms with Gasteiger partial charge in [-0.1, -0.05) is 42.3 Å². The van der Waals surface area contributed by atoms with Gasteiger partial charge in [0.1, 0.15) is 6.54 Å². The van der Waals surface area contributed by atoms with E-state index in [0.29, 0.717) is 17.0 Å². The van der Waals surface area contributed by atoms with E-state index < -0.39 is 17.4 Å². The van der Waals surface area contributed by atoms with E-state index in [-0.39, 0.29) is 35.3 Å². The maximum Gasteiger partial charge on any atom is 0.416 e. The number of allylic oxidation sites excluding steroid dienone is 6. The van der Waals surface area contributed by atoms with E-state index in [2.05, 4.69) is 5.10 Å². The zero-order chi connectivity index (χ0) is 22.1. The predicted molar refractivity (Wildman–Crippen MR) is 109 cm³/mol. The normalized spacial score (nSPS) is 14.7. The Morgan fingerprint density at radius 3 is 2.47 bits per heavy atom. The summed E-state index contributed by atoms with van der Waals surface area (Å²) >= 11 is 12.4. The van der Waals surface area contributed by atoms with Gasteiger partial charge in [0.15, 0.2) is 11.6 Å². The number of carbonyl (C=O) groups is 1. The molecule has 30 heavy (non-hydrogen) atoms. The molecule has 0 bridgehead atoms. The monoisotopic (exact) mass is 457 g/mol. The molecule has 5 nitrogen and oxygen atoms in total. The maximum atomic E-state index is 13.0. The largest absolute Gasteiger partial charge is 0.416 e.